The van der Waals surface area contributed by atoms with E-state index in [1.807, 2.05) is 47.6 Å². The fraction of sp³-hybridized carbons (Fsp3) is 0.667. The van der Waals surface area contributed by atoms with Gasteiger partial charge in [0.25, 0.3) is 0 Å². The van der Waals surface area contributed by atoms with Crippen molar-refractivity contribution in [2.75, 3.05) is 7.05 Å². The third kappa shape index (κ3) is 7.28. The largest absolute Gasteiger partial charge is 0.491 e. The van der Waals surface area contributed by atoms with Crippen LogP contribution >= 0.6 is 10.8 Å². The van der Waals surface area contributed by atoms with Crippen molar-refractivity contribution in [3.05, 3.63) is 33.5 Å². The Kier molecular flexibility index (Phi) is 13.5. The molecule has 7 heteroatoms. The lowest BCUT2D eigenvalue weighted by Crippen LogP contribution is -2.30. The summed E-state index contributed by atoms with van der Waals surface area (Å²) < 4.78 is 30.7. The molecule has 6 nitrogen and oxygen atoms in total. The minimum absolute atomic E-state index is 0.0825. The Labute approximate surface area is 174 Å². The highest BCUT2D eigenvalue weighted by Crippen LogP contribution is 2.56. The molecule has 0 bridgehead atoms. The molecule has 28 heavy (non-hydrogen) atoms. The van der Waals surface area contributed by atoms with Crippen LogP contribution in [0, 0.1) is 5.92 Å². The van der Waals surface area contributed by atoms with E-state index >= 15 is 0 Å². The summed E-state index contributed by atoms with van der Waals surface area (Å²) in [6, 6.07) is 0. The van der Waals surface area contributed by atoms with Crippen LogP contribution < -0.4 is 11.5 Å². The second kappa shape index (κ2) is 13.0. The van der Waals surface area contributed by atoms with Gasteiger partial charge in [-0.15, -0.1) is 4.40 Å². The number of nitrogens with two attached hydrogens (primary N) is 2. The van der Waals surface area contributed by atoms with Gasteiger partial charge in [0.1, 0.15) is 17.7 Å². The summed E-state index contributed by atoms with van der Waals surface area (Å²) in [6.07, 6.45) is 4.70. The predicted octanol–water partition coefficient (Wildman–Crippen LogP) is 5.98. The Morgan fingerprint density at radius 1 is 1.18 bits per heavy atom. The highest BCUT2D eigenvalue weighted by Gasteiger charge is 2.35. The molecule has 1 aliphatic heterocycles. The molecular formula is C21H43N3O3S. The molecule has 2 rings (SSSR count). The van der Waals surface area contributed by atoms with Gasteiger partial charge >= 0.3 is 0 Å². The monoisotopic (exact) mass is 417 g/mol. The average Bonchev–Trinajstić information content (AvgIpc) is 2.73. The normalized spacial score (nSPS) is 21.5. The maximum atomic E-state index is 10.4. The summed E-state index contributed by atoms with van der Waals surface area (Å²) in [5.41, 5.74) is 12.3. The summed E-state index contributed by atoms with van der Waals surface area (Å²) in [7, 11) is -1.79. The second-order valence-corrected chi connectivity index (χ2v) is 8.23. The summed E-state index contributed by atoms with van der Waals surface area (Å²) in [5.74, 6) is 1.01. The maximum absolute atomic E-state index is 10.4. The van der Waals surface area contributed by atoms with Crippen LogP contribution in [0.25, 0.3) is 0 Å². The molecule has 0 radical (unpaired) electrons. The molecule has 2 aliphatic rings. The van der Waals surface area contributed by atoms with Crippen LogP contribution in [0.3, 0.4) is 0 Å². The van der Waals surface area contributed by atoms with Crippen molar-refractivity contribution in [1.82, 2.24) is 0 Å². The molecule has 0 aromatic rings. The van der Waals surface area contributed by atoms with E-state index in [1.165, 1.54) is 7.05 Å². The molecule has 0 saturated carbocycles. The Bertz CT molecular complexity index is 606. The van der Waals surface area contributed by atoms with Crippen LogP contribution in [-0.2, 0) is 4.74 Å². The van der Waals surface area contributed by atoms with Crippen LogP contribution in [-0.4, -0.2) is 28.1 Å². The van der Waals surface area contributed by atoms with E-state index in [-0.39, 0.29) is 11.5 Å². The SMILES string of the molecule is CC.CC.CC1=CC(C)C2=C(CCC(C)(C)O2)C(C)=C1S(O)(O)/N=C\N.CN. The van der Waals surface area contributed by atoms with E-state index in [9.17, 15) is 9.11 Å². The first-order valence-electron chi connectivity index (χ1n) is 10.0. The molecule has 1 atom stereocenters. The third-order valence-electron chi connectivity index (χ3n) is 4.21. The molecule has 1 heterocycles. The van der Waals surface area contributed by atoms with E-state index in [0.717, 1.165) is 41.7 Å². The molecule has 0 saturated heterocycles. The molecule has 0 spiro atoms. The van der Waals surface area contributed by atoms with Crippen LogP contribution in [0.5, 0.6) is 0 Å². The zero-order chi connectivity index (χ0) is 22.7. The summed E-state index contributed by atoms with van der Waals surface area (Å²) >= 11 is 0. The fourth-order valence-corrected chi connectivity index (χ4v) is 4.53. The summed E-state index contributed by atoms with van der Waals surface area (Å²) in [6.45, 7) is 18.0. The van der Waals surface area contributed by atoms with Gasteiger partial charge in [-0.1, -0.05) is 51.5 Å². The van der Waals surface area contributed by atoms with Gasteiger partial charge in [-0.3, -0.25) is 9.11 Å². The molecular weight excluding hydrogens is 374 g/mol. The van der Waals surface area contributed by atoms with Gasteiger partial charge in [-0.05, 0) is 64.3 Å². The highest BCUT2D eigenvalue weighted by molar-refractivity contribution is 8.26. The van der Waals surface area contributed by atoms with Crippen molar-refractivity contribution in [2.45, 2.75) is 80.8 Å². The van der Waals surface area contributed by atoms with Crippen molar-refractivity contribution in [3.63, 3.8) is 0 Å². The average molecular weight is 418 g/mol. The van der Waals surface area contributed by atoms with E-state index < -0.39 is 10.8 Å². The summed E-state index contributed by atoms with van der Waals surface area (Å²) in [5, 5.41) is 0. The number of allylic oxidation sites excluding steroid dienone is 4. The topological polar surface area (TPSA) is 114 Å². The van der Waals surface area contributed by atoms with Gasteiger partial charge in [-0.25, -0.2) is 0 Å². The lowest BCUT2D eigenvalue weighted by molar-refractivity contribution is 0.00284. The van der Waals surface area contributed by atoms with Crippen LogP contribution in [0.2, 0.25) is 0 Å². The van der Waals surface area contributed by atoms with Gasteiger partial charge in [0.15, 0.2) is 0 Å². The number of ether oxygens (including phenoxy) is 1. The quantitative estimate of drug-likeness (QED) is 0.326. The van der Waals surface area contributed by atoms with Crippen molar-refractivity contribution < 1.29 is 13.8 Å². The second-order valence-electron chi connectivity index (χ2n) is 6.57. The molecule has 166 valence electrons. The highest BCUT2D eigenvalue weighted by atomic mass is 32.3. The Hall–Kier alpha value is -1.28. The summed E-state index contributed by atoms with van der Waals surface area (Å²) in [4.78, 5) is 0.467. The Morgan fingerprint density at radius 2 is 1.68 bits per heavy atom. The predicted molar refractivity (Wildman–Crippen MR) is 125 cm³/mol. The van der Waals surface area contributed by atoms with Gasteiger partial charge in [0, 0.05) is 5.92 Å². The smallest absolute Gasteiger partial charge is 0.107 e. The Balaban J connectivity index is 0. The van der Waals surface area contributed by atoms with Gasteiger partial charge in [-0.2, -0.15) is 0 Å². The van der Waals surface area contributed by atoms with Crippen LogP contribution in [0.1, 0.15) is 75.2 Å². The van der Waals surface area contributed by atoms with Crippen molar-refractivity contribution in [3.8, 4) is 0 Å². The minimum atomic E-state index is -3.29. The molecule has 0 amide bonds. The first-order chi connectivity index (χ1) is 13.1. The first kappa shape index (κ1) is 28.9. The van der Waals surface area contributed by atoms with E-state index in [1.54, 1.807) is 0 Å². The molecule has 0 aromatic carbocycles. The van der Waals surface area contributed by atoms with Gasteiger partial charge < -0.3 is 16.2 Å². The number of hydrogen-bond acceptors (Lipinski definition) is 5. The van der Waals surface area contributed by atoms with Gasteiger partial charge in [0.2, 0.25) is 0 Å². The van der Waals surface area contributed by atoms with E-state index in [0.29, 0.717) is 4.91 Å². The number of nitrogens with zero attached hydrogens (tertiary/aromatic N) is 1. The van der Waals surface area contributed by atoms with Crippen LogP contribution in [0.4, 0.5) is 0 Å². The van der Waals surface area contributed by atoms with E-state index in [2.05, 4.69) is 30.9 Å². The Morgan fingerprint density at radius 3 is 2.14 bits per heavy atom. The van der Waals surface area contributed by atoms with Crippen LogP contribution in [0.15, 0.2) is 37.9 Å². The zero-order valence-corrected chi connectivity index (χ0v) is 20.3. The van der Waals surface area contributed by atoms with Crippen molar-refractivity contribution >= 4 is 17.1 Å². The molecule has 0 fully saturated rings. The standard InChI is InChI=1S/C16H26N2O3S.2C2H6.CH5N/c1-10-8-11(2)15(22(19,20)18-9-17)12(3)13-6-7-16(4,5)21-14(10)13;3*1-2/h8-10,19-20H,6-7H2,1-5H3,(H2,17,18);2*1-2H3;2H2,1H3. The molecule has 6 N–H and O–H groups in total. The van der Waals surface area contributed by atoms with Crippen molar-refractivity contribution in [2.24, 2.45) is 21.8 Å². The molecule has 0 aromatic heterocycles. The number of hydrogen-bond donors (Lipinski definition) is 4. The van der Waals surface area contributed by atoms with E-state index in [4.69, 9.17) is 10.5 Å². The molecule has 1 unspecified atom stereocenters. The number of rotatable bonds is 2. The maximum Gasteiger partial charge on any atom is 0.107 e. The first-order valence-corrected chi connectivity index (χ1v) is 11.5. The lowest BCUT2D eigenvalue weighted by Gasteiger charge is -2.37. The minimum Gasteiger partial charge on any atom is -0.491 e. The third-order valence-corrected chi connectivity index (χ3v) is 5.80. The lowest BCUT2D eigenvalue weighted by atomic mass is 9.88. The molecule has 1 aliphatic carbocycles. The van der Waals surface area contributed by atoms with Gasteiger partial charge in [0.05, 0.1) is 4.91 Å². The van der Waals surface area contributed by atoms with Crippen molar-refractivity contribution in [1.29, 1.82) is 0 Å². The fourth-order valence-electron chi connectivity index (χ4n) is 3.22. The zero-order valence-electron chi connectivity index (χ0n) is 19.5.